The first kappa shape index (κ1) is 16.3. The van der Waals surface area contributed by atoms with Gasteiger partial charge in [-0.05, 0) is 29.8 Å². The Morgan fingerprint density at radius 2 is 1.70 bits per heavy atom. The molecule has 2 aromatic heterocycles. The van der Waals surface area contributed by atoms with Gasteiger partial charge in [0.1, 0.15) is 5.69 Å². The molecular formula is C22H22N4O. The van der Waals surface area contributed by atoms with E-state index in [9.17, 15) is 4.79 Å². The summed E-state index contributed by atoms with van der Waals surface area (Å²) in [5.41, 5.74) is 3.05. The van der Waals surface area contributed by atoms with E-state index in [1.54, 1.807) is 0 Å². The highest BCUT2D eigenvalue weighted by molar-refractivity contribution is 5.94. The maximum atomic E-state index is 13.2. The minimum Gasteiger partial charge on any atom is -0.337 e. The van der Waals surface area contributed by atoms with E-state index in [0.717, 1.165) is 31.0 Å². The molecule has 1 amide bonds. The predicted octanol–water partition coefficient (Wildman–Crippen LogP) is 2.96. The first-order valence-electron chi connectivity index (χ1n) is 9.43. The molecule has 3 aromatic rings. The number of hydrogen-bond acceptors (Lipinski definition) is 3. The Hall–Kier alpha value is -2.92. The summed E-state index contributed by atoms with van der Waals surface area (Å²) in [4.78, 5) is 22.1. The largest absolute Gasteiger partial charge is 0.337 e. The molecule has 136 valence electrons. The quantitative estimate of drug-likeness (QED) is 0.720. The lowest BCUT2D eigenvalue weighted by molar-refractivity contribution is 0.0556. The molecule has 0 spiro atoms. The van der Waals surface area contributed by atoms with Crippen LogP contribution in [0.15, 0.2) is 73.1 Å². The number of fused-ring (bicyclic) bond motifs is 3. The molecule has 4 heterocycles. The lowest BCUT2D eigenvalue weighted by atomic mass is 10.0. The molecule has 2 aliphatic rings. The third-order valence-corrected chi connectivity index (χ3v) is 5.66. The summed E-state index contributed by atoms with van der Waals surface area (Å²) in [5.74, 6) is 0.129. The van der Waals surface area contributed by atoms with E-state index in [-0.39, 0.29) is 11.9 Å². The number of benzene rings is 1. The average molecular weight is 358 g/mol. The topological polar surface area (TPSA) is 41.4 Å². The van der Waals surface area contributed by atoms with E-state index in [0.29, 0.717) is 12.6 Å². The zero-order chi connectivity index (χ0) is 18.2. The molecule has 0 unspecified atom stereocenters. The highest BCUT2D eigenvalue weighted by atomic mass is 16.2. The van der Waals surface area contributed by atoms with E-state index >= 15 is 0 Å². The van der Waals surface area contributed by atoms with Crippen molar-refractivity contribution in [1.82, 2.24) is 19.4 Å². The van der Waals surface area contributed by atoms with Crippen molar-refractivity contribution in [2.24, 2.45) is 0 Å². The minimum atomic E-state index is 0.129. The van der Waals surface area contributed by atoms with Crippen LogP contribution >= 0.6 is 0 Å². The van der Waals surface area contributed by atoms with Gasteiger partial charge in [-0.2, -0.15) is 0 Å². The summed E-state index contributed by atoms with van der Waals surface area (Å²) in [7, 11) is 0. The van der Waals surface area contributed by atoms with Gasteiger partial charge in [-0.25, -0.2) is 0 Å². The van der Waals surface area contributed by atoms with Gasteiger partial charge >= 0.3 is 0 Å². The highest BCUT2D eigenvalue weighted by Crippen LogP contribution is 2.35. The minimum absolute atomic E-state index is 0.129. The third-order valence-electron chi connectivity index (χ3n) is 5.66. The van der Waals surface area contributed by atoms with Gasteiger partial charge in [0.05, 0.1) is 17.8 Å². The molecule has 1 saturated heterocycles. The van der Waals surface area contributed by atoms with Crippen molar-refractivity contribution in [3.05, 3.63) is 90.0 Å². The Bertz CT molecular complexity index is 937. The van der Waals surface area contributed by atoms with E-state index in [1.807, 2.05) is 48.7 Å². The van der Waals surface area contributed by atoms with Gasteiger partial charge in [0.2, 0.25) is 0 Å². The molecule has 1 fully saturated rings. The summed E-state index contributed by atoms with van der Waals surface area (Å²) in [5, 5.41) is 0. The number of aromatic nitrogens is 2. The second-order valence-corrected chi connectivity index (χ2v) is 7.37. The fraction of sp³-hybridized carbons (Fsp3) is 0.273. The van der Waals surface area contributed by atoms with E-state index < -0.39 is 0 Å². The van der Waals surface area contributed by atoms with Gasteiger partial charge in [0.15, 0.2) is 0 Å². The van der Waals surface area contributed by atoms with Crippen LogP contribution in [-0.2, 0) is 13.1 Å². The van der Waals surface area contributed by atoms with Gasteiger partial charge in [-0.1, -0.05) is 36.4 Å². The molecular weight excluding hydrogens is 336 g/mol. The Balaban J connectivity index is 1.44. The summed E-state index contributed by atoms with van der Waals surface area (Å²) < 4.78 is 2.17. The fourth-order valence-corrected chi connectivity index (χ4v) is 4.41. The van der Waals surface area contributed by atoms with Crippen LogP contribution in [-0.4, -0.2) is 44.4 Å². The van der Waals surface area contributed by atoms with Crippen molar-refractivity contribution in [3.63, 3.8) is 0 Å². The number of amides is 1. The molecule has 0 radical (unpaired) electrons. The monoisotopic (exact) mass is 358 g/mol. The van der Waals surface area contributed by atoms with E-state index in [2.05, 4.69) is 43.7 Å². The van der Waals surface area contributed by atoms with Gasteiger partial charge in [-0.3, -0.25) is 14.7 Å². The van der Waals surface area contributed by atoms with Crippen LogP contribution in [0, 0.1) is 0 Å². The lowest BCUT2D eigenvalue weighted by Gasteiger charge is -2.38. The van der Waals surface area contributed by atoms with Crippen molar-refractivity contribution in [2.75, 3.05) is 13.1 Å². The third kappa shape index (κ3) is 2.94. The van der Waals surface area contributed by atoms with Crippen LogP contribution in [0.4, 0.5) is 0 Å². The zero-order valence-electron chi connectivity index (χ0n) is 15.1. The van der Waals surface area contributed by atoms with E-state index in [1.165, 1.54) is 5.56 Å². The van der Waals surface area contributed by atoms with Crippen LogP contribution in [0.2, 0.25) is 0 Å². The van der Waals surface area contributed by atoms with E-state index in [4.69, 9.17) is 0 Å². The molecule has 1 aromatic carbocycles. The Labute approximate surface area is 158 Å². The lowest BCUT2D eigenvalue weighted by Crippen LogP contribution is -2.49. The SMILES string of the molecule is O=C1c2cccn2[C@@H]2CN(Cc3ccccn3)C[C@@H]2N1Cc1ccccc1. The summed E-state index contributed by atoms with van der Waals surface area (Å²) >= 11 is 0. The summed E-state index contributed by atoms with van der Waals surface area (Å²) in [6.07, 6.45) is 3.89. The number of carbonyl (C=O) groups is 1. The number of carbonyl (C=O) groups excluding carboxylic acids is 1. The van der Waals surface area contributed by atoms with Crippen molar-refractivity contribution in [1.29, 1.82) is 0 Å². The summed E-state index contributed by atoms with van der Waals surface area (Å²) in [6, 6.07) is 20.7. The van der Waals surface area contributed by atoms with Gasteiger partial charge < -0.3 is 9.47 Å². The molecule has 0 saturated carbocycles. The Morgan fingerprint density at radius 1 is 0.889 bits per heavy atom. The standard InChI is InChI=1S/C22H22N4O/c27-22-19-10-6-12-25(19)20-15-24(14-18-9-4-5-11-23-18)16-21(20)26(22)13-17-7-2-1-3-8-17/h1-12,20-21H,13-16H2/t20-,21+/m1/s1. The van der Waals surface area contributed by atoms with Crippen molar-refractivity contribution in [3.8, 4) is 0 Å². The molecule has 5 heteroatoms. The van der Waals surface area contributed by atoms with Crippen LogP contribution in [0.1, 0.15) is 27.8 Å². The highest BCUT2D eigenvalue weighted by Gasteiger charge is 2.44. The van der Waals surface area contributed by atoms with Crippen LogP contribution < -0.4 is 0 Å². The second kappa shape index (κ2) is 6.67. The predicted molar refractivity (Wildman–Crippen MR) is 103 cm³/mol. The first-order valence-corrected chi connectivity index (χ1v) is 9.43. The average Bonchev–Trinajstić information content (AvgIpc) is 3.34. The number of likely N-dealkylation sites (tertiary alicyclic amines) is 1. The smallest absolute Gasteiger partial charge is 0.271 e. The van der Waals surface area contributed by atoms with Gasteiger partial charge in [0.25, 0.3) is 5.91 Å². The zero-order valence-corrected chi connectivity index (χ0v) is 15.1. The Kier molecular flexibility index (Phi) is 4.02. The van der Waals surface area contributed by atoms with Crippen molar-refractivity contribution in [2.45, 2.75) is 25.2 Å². The van der Waals surface area contributed by atoms with Gasteiger partial charge in [-0.15, -0.1) is 0 Å². The van der Waals surface area contributed by atoms with Crippen molar-refractivity contribution < 1.29 is 4.79 Å². The number of rotatable bonds is 4. The molecule has 5 rings (SSSR count). The maximum Gasteiger partial charge on any atom is 0.271 e. The molecule has 0 bridgehead atoms. The maximum absolute atomic E-state index is 13.2. The molecule has 27 heavy (non-hydrogen) atoms. The molecule has 0 N–H and O–H groups in total. The number of nitrogens with zero attached hydrogens (tertiary/aromatic N) is 4. The molecule has 2 atom stereocenters. The number of pyridine rings is 1. The molecule has 5 nitrogen and oxygen atoms in total. The normalized spacial score (nSPS) is 21.9. The van der Waals surface area contributed by atoms with Crippen LogP contribution in [0.5, 0.6) is 0 Å². The molecule has 0 aliphatic carbocycles. The molecule has 2 aliphatic heterocycles. The van der Waals surface area contributed by atoms with Crippen LogP contribution in [0.25, 0.3) is 0 Å². The fourth-order valence-electron chi connectivity index (χ4n) is 4.41. The Morgan fingerprint density at radius 3 is 2.52 bits per heavy atom. The van der Waals surface area contributed by atoms with Crippen LogP contribution in [0.3, 0.4) is 0 Å². The number of hydrogen-bond donors (Lipinski definition) is 0. The first-order chi connectivity index (χ1) is 13.3. The van der Waals surface area contributed by atoms with Crippen molar-refractivity contribution >= 4 is 5.91 Å². The van der Waals surface area contributed by atoms with Gasteiger partial charge in [0, 0.05) is 38.6 Å². The summed E-state index contributed by atoms with van der Waals surface area (Å²) in [6.45, 7) is 3.28. The second-order valence-electron chi connectivity index (χ2n) is 7.37.